The minimum Gasteiger partial charge on any atom is -0.491 e. The molecule has 1 unspecified atom stereocenters. The first-order chi connectivity index (χ1) is 15.3. The predicted octanol–water partition coefficient (Wildman–Crippen LogP) is 3.59. The van der Waals surface area contributed by atoms with Crippen LogP contribution in [0.25, 0.3) is 0 Å². The average Bonchev–Trinajstić information content (AvgIpc) is 3.29. The maximum atomic E-state index is 12.8. The van der Waals surface area contributed by atoms with E-state index in [9.17, 15) is 18.0 Å². The number of hydrogen-bond donors (Lipinski definition) is 2. The lowest BCUT2D eigenvalue weighted by Crippen LogP contribution is -2.50. The van der Waals surface area contributed by atoms with Crippen molar-refractivity contribution in [3.05, 3.63) is 71.0 Å². The highest BCUT2D eigenvalue weighted by atomic mass is 32.1. The number of pyridine rings is 1. The SMILES string of the molecule is O=C(NC1(c2ccc(OC(F)(F)F)cc2)CCOc2cccnc21)c1ccsn1.O=CO. The van der Waals surface area contributed by atoms with E-state index in [1.54, 1.807) is 29.8 Å². The van der Waals surface area contributed by atoms with Crippen LogP contribution in [0, 0.1) is 0 Å². The minimum atomic E-state index is -4.79. The molecule has 168 valence electrons. The molecule has 1 aliphatic heterocycles. The zero-order valence-electron chi connectivity index (χ0n) is 16.2. The topological polar surface area (TPSA) is 111 Å². The van der Waals surface area contributed by atoms with Crippen LogP contribution in [0.15, 0.2) is 54.0 Å². The van der Waals surface area contributed by atoms with E-state index in [0.29, 0.717) is 23.4 Å². The second kappa shape index (κ2) is 9.64. The van der Waals surface area contributed by atoms with Crippen molar-refractivity contribution in [3.8, 4) is 11.5 Å². The Morgan fingerprint density at radius 3 is 2.59 bits per heavy atom. The molecule has 3 aromatic rings. The molecule has 2 aromatic heterocycles. The van der Waals surface area contributed by atoms with Gasteiger partial charge in [0, 0.05) is 18.0 Å². The summed E-state index contributed by atoms with van der Waals surface area (Å²) in [5, 5.41) is 11.5. The highest BCUT2D eigenvalue weighted by molar-refractivity contribution is 7.03. The number of fused-ring (bicyclic) bond motifs is 1. The van der Waals surface area contributed by atoms with Crippen molar-refractivity contribution >= 4 is 23.9 Å². The van der Waals surface area contributed by atoms with Crippen molar-refractivity contribution in [2.45, 2.75) is 18.3 Å². The Bertz CT molecular complexity index is 1060. The van der Waals surface area contributed by atoms with Gasteiger partial charge in [0.2, 0.25) is 0 Å². The van der Waals surface area contributed by atoms with Crippen LogP contribution in [-0.4, -0.2) is 39.8 Å². The number of ether oxygens (including phenoxy) is 2. The summed E-state index contributed by atoms with van der Waals surface area (Å²) in [4.78, 5) is 25.6. The molecule has 0 spiro atoms. The molecular formula is C20H16F3N3O5S. The van der Waals surface area contributed by atoms with Gasteiger partial charge in [0.25, 0.3) is 12.4 Å². The van der Waals surface area contributed by atoms with Crippen LogP contribution in [0.3, 0.4) is 0 Å². The molecule has 0 saturated heterocycles. The smallest absolute Gasteiger partial charge is 0.491 e. The number of nitrogens with one attached hydrogen (secondary N) is 1. The molecule has 1 amide bonds. The summed E-state index contributed by atoms with van der Waals surface area (Å²) in [5.74, 6) is -0.274. The number of amides is 1. The van der Waals surface area contributed by atoms with Gasteiger partial charge in [0.1, 0.15) is 28.4 Å². The van der Waals surface area contributed by atoms with E-state index in [2.05, 4.69) is 19.4 Å². The second-order valence-corrected chi connectivity index (χ2v) is 7.04. The van der Waals surface area contributed by atoms with Gasteiger partial charge >= 0.3 is 6.36 Å². The van der Waals surface area contributed by atoms with Gasteiger partial charge < -0.3 is 19.9 Å². The normalized spacial score (nSPS) is 17.1. The van der Waals surface area contributed by atoms with E-state index in [0.717, 1.165) is 11.5 Å². The van der Waals surface area contributed by atoms with Gasteiger partial charge in [-0.05, 0) is 47.4 Å². The molecule has 1 atom stereocenters. The average molecular weight is 467 g/mol. The fourth-order valence-electron chi connectivity index (χ4n) is 3.26. The molecule has 8 nitrogen and oxygen atoms in total. The molecule has 2 N–H and O–H groups in total. The number of carbonyl (C=O) groups excluding carboxylic acids is 1. The third kappa shape index (κ3) is 5.14. The lowest BCUT2D eigenvalue weighted by Gasteiger charge is -2.38. The number of benzene rings is 1. The summed E-state index contributed by atoms with van der Waals surface area (Å²) in [6, 6.07) is 10.4. The van der Waals surface area contributed by atoms with Gasteiger partial charge in [0.05, 0.1) is 6.61 Å². The monoisotopic (exact) mass is 467 g/mol. The third-order valence-electron chi connectivity index (χ3n) is 4.49. The minimum absolute atomic E-state index is 0.246. The molecule has 0 fully saturated rings. The molecule has 0 bridgehead atoms. The van der Waals surface area contributed by atoms with Crippen molar-refractivity contribution < 1.29 is 37.3 Å². The number of aromatic nitrogens is 2. The largest absolute Gasteiger partial charge is 0.573 e. The van der Waals surface area contributed by atoms with Gasteiger partial charge in [-0.15, -0.1) is 13.2 Å². The summed E-state index contributed by atoms with van der Waals surface area (Å²) in [6.07, 6.45) is -2.88. The fraction of sp³-hybridized carbons (Fsp3) is 0.200. The summed E-state index contributed by atoms with van der Waals surface area (Å²) < 4.78 is 51.1. The summed E-state index contributed by atoms with van der Waals surface area (Å²) in [5.41, 5.74) is 0.181. The van der Waals surface area contributed by atoms with Crippen LogP contribution in [0.1, 0.15) is 28.2 Å². The van der Waals surface area contributed by atoms with Crippen LogP contribution < -0.4 is 14.8 Å². The van der Waals surface area contributed by atoms with E-state index >= 15 is 0 Å². The summed E-state index contributed by atoms with van der Waals surface area (Å²) in [6.45, 7) is 0.0385. The zero-order chi connectivity index (χ0) is 23.2. The number of nitrogens with zero attached hydrogens (tertiary/aromatic N) is 2. The van der Waals surface area contributed by atoms with Gasteiger partial charge in [-0.3, -0.25) is 14.6 Å². The number of hydrogen-bond acceptors (Lipinski definition) is 7. The molecule has 0 aliphatic carbocycles. The first-order valence-electron chi connectivity index (χ1n) is 9.04. The standard InChI is InChI=1S/C19H14F3N3O3S.CH2O2/c20-19(21,22)28-13-5-3-12(4-6-13)18(24-17(26)14-7-11-29-25-14)8-10-27-15-2-1-9-23-16(15)18;2-1-3/h1-7,9,11H,8,10H2,(H,24,26);1H,(H,2,3). The molecule has 12 heteroatoms. The Balaban J connectivity index is 0.000000913. The molecule has 0 saturated carbocycles. The number of halogens is 3. The maximum Gasteiger partial charge on any atom is 0.573 e. The third-order valence-corrected chi connectivity index (χ3v) is 5.05. The first-order valence-corrected chi connectivity index (χ1v) is 9.88. The summed E-state index contributed by atoms with van der Waals surface area (Å²) >= 11 is 1.14. The molecule has 0 radical (unpaired) electrons. The van der Waals surface area contributed by atoms with E-state index in [-0.39, 0.29) is 24.5 Å². The number of carbonyl (C=O) groups is 2. The maximum absolute atomic E-state index is 12.8. The van der Waals surface area contributed by atoms with E-state index in [4.69, 9.17) is 14.6 Å². The molecule has 32 heavy (non-hydrogen) atoms. The van der Waals surface area contributed by atoms with Crippen molar-refractivity contribution in [1.82, 2.24) is 14.7 Å². The van der Waals surface area contributed by atoms with Crippen molar-refractivity contribution in [3.63, 3.8) is 0 Å². The van der Waals surface area contributed by atoms with Crippen LogP contribution in [0.2, 0.25) is 0 Å². The second-order valence-electron chi connectivity index (χ2n) is 6.37. The lowest BCUT2D eigenvalue weighted by atomic mass is 9.81. The zero-order valence-corrected chi connectivity index (χ0v) is 17.0. The molecule has 3 heterocycles. The quantitative estimate of drug-likeness (QED) is 0.564. The van der Waals surface area contributed by atoms with Crippen LogP contribution in [-0.2, 0) is 10.3 Å². The Morgan fingerprint density at radius 2 is 1.97 bits per heavy atom. The Hall–Kier alpha value is -3.67. The van der Waals surface area contributed by atoms with Gasteiger partial charge in [-0.1, -0.05) is 12.1 Å². The van der Waals surface area contributed by atoms with Gasteiger partial charge in [0.15, 0.2) is 0 Å². The molecular weight excluding hydrogens is 451 g/mol. The van der Waals surface area contributed by atoms with Crippen molar-refractivity contribution in [2.24, 2.45) is 0 Å². The highest BCUT2D eigenvalue weighted by Crippen LogP contribution is 2.41. The fourth-order valence-corrected chi connectivity index (χ4v) is 3.77. The Kier molecular flexibility index (Phi) is 6.93. The Labute approximate surface area is 183 Å². The lowest BCUT2D eigenvalue weighted by molar-refractivity contribution is -0.274. The predicted molar refractivity (Wildman–Crippen MR) is 107 cm³/mol. The van der Waals surface area contributed by atoms with E-state index in [1.165, 1.54) is 24.3 Å². The highest BCUT2D eigenvalue weighted by Gasteiger charge is 2.43. The van der Waals surface area contributed by atoms with Crippen molar-refractivity contribution in [2.75, 3.05) is 6.61 Å². The summed E-state index contributed by atoms with van der Waals surface area (Å²) in [7, 11) is 0. The van der Waals surface area contributed by atoms with E-state index < -0.39 is 17.8 Å². The van der Waals surface area contributed by atoms with Gasteiger partial charge in [-0.25, -0.2) is 0 Å². The molecule has 1 aliphatic rings. The van der Waals surface area contributed by atoms with Crippen LogP contribution in [0.5, 0.6) is 11.5 Å². The number of carboxylic acid groups (broad SMARTS) is 1. The van der Waals surface area contributed by atoms with E-state index in [1.807, 2.05) is 0 Å². The van der Waals surface area contributed by atoms with Crippen LogP contribution in [0.4, 0.5) is 13.2 Å². The Morgan fingerprint density at radius 1 is 1.25 bits per heavy atom. The van der Waals surface area contributed by atoms with Crippen molar-refractivity contribution in [1.29, 1.82) is 0 Å². The molecule has 1 aromatic carbocycles. The van der Waals surface area contributed by atoms with Gasteiger partial charge in [-0.2, -0.15) is 4.37 Å². The number of rotatable bonds is 4. The first kappa shape index (κ1) is 23.0. The number of alkyl halides is 3. The molecule has 4 rings (SSSR count). The van der Waals surface area contributed by atoms with Crippen LogP contribution >= 0.6 is 11.5 Å².